The third-order valence-electron chi connectivity index (χ3n) is 4.14. The van der Waals surface area contributed by atoms with E-state index in [-0.39, 0.29) is 5.91 Å². The first-order valence-corrected chi connectivity index (χ1v) is 7.69. The second-order valence-electron chi connectivity index (χ2n) is 5.36. The highest BCUT2D eigenvalue weighted by molar-refractivity contribution is 9.10. The third-order valence-corrected chi connectivity index (χ3v) is 4.57. The van der Waals surface area contributed by atoms with E-state index in [9.17, 15) is 4.79 Å². The molecule has 3 rings (SSSR count). The van der Waals surface area contributed by atoms with E-state index in [0.717, 1.165) is 17.4 Å². The van der Waals surface area contributed by atoms with E-state index in [0.29, 0.717) is 17.6 Å². The van der Waals surface area contributed by atoms with E-state index in [2.05, 4.69) is 31.1 Å². The number of fused-ring (bicyclic) bond motifs is 1. The van der Waals surface area contributed by atoms with Gasteiger partial charge in [0, 0.05) is 35.5 Å². The van der Waals surface area contributed by atoms with Crippen LogP contribution < -0.4 is 5.32 Å². The predicted octanol–water partition coefficient (Wildman–Crippen LogP) is 2.20. The topological polar surface area (TPSA) is 45.2 Å². The van der Waals surface area contributed by atoms with Gasteiger partial charge in [0.25, 0.3) is 5.91 Å². The van der Waals surface area contributed by atoms with Gasteiger partial charge in [-0.1, -0.05) is 6.42 Å². The molecule has 0 aromatic carbocycles. The summed E-state index contributed by atoms with van der Waals surface area (Å²) in [6.07, 6.45) is 8.17. The number of nitrogens with one attached hydrogen (secondary N) is 1. The van der Waals surface area contributed by atoms with Crippen LogP contribution in [0.2, 0.25) is 0 Å². The maximum absolute atomic E-state index is 12.2. The summed E-state index contributed by atoms with van der Waals surface area (Å²) >= 11 is 3.35. The van der Waals surface area contributed by atoms with Crippen molar-refractivity contribution in [3.05, 3.63) is 28.5 Å². The number of amides is 1. The van der Waals surface area contributed by atoms with Gasteiger partial charge in [0.05, 0.1) is 5.56 Å². The third kappa shape index (κ3) is 2.82. The number of rotatable bonds is 2. The second kappa shape index (κ2) is 5.59. The molecule has 3 heterocycles. The maximum atomic E-state index is 12.2. The standard InChI is InChI=1S/C14H18BrN3O/c15-11-7-10(8-16-9-11)14(19)17-12-4-6-18-5-2-1-3-13(12)18/h7-9,12-13H,1-6H2,(H,17,19)/t12-,13-/m0/s1. The first-order chi connectivity index (χ1) is 9.24. The number of aromatic nitrogens is 1. The lowest BCUT2D eigenvalue weighted by Crippen LogP contribution is -2.46. The molecule has 0 aliphatic carbocycles. The normalized spacial score (nSPS) is 27.0. The summed E-state index contributed by atoms with van der Waals surface area (Å²) in [6.45, 7) is 2.31. The molecule has 1 aromatic heterocycles. The lowest BCUT2D eigenvalue weighted by molar-refractivity contribution is 0.0915. The van der Waals surface area contributed by atoms with Crippen molar-refractivity contribution >= 4 is 21.8 Å². The van der Waals surface area contributed by atoms with Crippen LogP contribution in [-0.2, 0) is 0 Å². The molecule has 2 fully saturated rings. The summed E-state index contributed by atoms with van der Waals surface area (Å²) in [7, 11) is 0. The van der Waals surface area contributed by atoms with Crippen LogP contribution in [0.15, 0.2) is 22.9 Å². The Balaban J connectivity index is 1.66. The van der Waals surface area contributed by atoms with Crippen molar-refractivity contribution in [2.75, 3.05) is 13.1 Å². The van der Waals surface area contributed by atoms with Crippen molar-refractivity contribution in [2.24, 2.45) is 0 Å². The fourth-order valence-electron chi connectivity index (χ4n) is 3.20. The highest BCUT2D eigenvalue weighted by Gasteiger charge is 2.36. The molecule has 1 N–H and O–H groups in total. The molecule has 1 amide bonds. The predicted molar refractivity (Wildman–Crippen MR) is 77.0 cm³/mol. The average molecular weight is 324 g/mol. The SMILES string of the molecule is O=C(N[C@H]1CCN2CCCC[C@@H]12)c1cncc(Br)c1. The zero-order chi connectivity index (χ0) is 13.2. The first kappa shape index (κ1) is 13.1. The lowest BCUT2D eigenvalue weighted by Gasteiger charge is -2.32. The van der Waals surface area contributed by atoms with Gasteiger partial charge < -0.3 is 5.32 Å². The quantitative estimate of drug-likeness (QED) is 0.907. The Labute approximate surface area is 121 Å². The minimum Gasteiger partial charge on any atom is -0.348 e. The smallest absolute Gasteiger partial charge is 0.253 e. The average Bonchev–Trinajstić information content (AvgIpc) is 2.82. The first-order valence-electron chi connectivity index (χ1n) is 6.89. The van der Waals surface area contributed by atoms with Gasteiger partial charge in [-0.15, -0.1) is 0 Å². The monoisotopic (exact) mass is 323 g/mol. The molecule has 0 unspecified atom stereocenters. The molecule has 2 atom stereocenters. The van der Waals surface area contributed by atoms with Gasteiger partial charge in [0.2, 0.25) is 0 Å². The maximum Gasteiger partial charge on any atom is 0.253 e. The molecule has 1 aromatic rings. The zero-order valence-electron chi connectivity index (χ0n) is 10.8. The molecule has 0 bridgehead atoms. The van der Waals surface area contributed by atoms with Crippen molar-refractivity contribution in [3.8, 4) is 0 Å². The van der Waals surface area contributed by atoms with Crippen molar-refractivity contribution in [2.45, 2.75) is 37.8 Å². The molecule has 2 saturated heterocycles. The lowest BCUT2D eigenvalue weighted by atomic mass is 9.99. The molecule has 4 nitrogen and oxygen atoms in total. The van der Waals surface area contributed by atoms with Gasteiger partial charge in [-0.2, -0.15) is 0 Å². The van der Waals surface area contributed by atoms with Crippen LogP contribution in [0.5, 0.6) is 0 Å². The molecule has 19 heavy (non-hydrogen) atoms. The second-order valence-corrected chi connectivity index (χ2v) is 6.28. The Bertz CT molecular complexity index is 480. The van der Waals surface area contributed by atoms with Crippen LogP contribution in [0, 0.1) is 0 Å². The van der Waals surface area contributed by atoms with Gasteiger partial charge in [-0.3, -0.25) is 14.7 Å². The fraction of sp³-hybridized carbons (Fsp3) is 0.571. The molecule has 2 aliphatic rings. The molecule has 2 aliphatic heterocycles. The largest absolute Gasteiger partial charge is 0.348 e. The fourth-order valence-corrected chi connectivity index (χ4v) is 3.57. The van der Waals surface area contributed by atoms with Gasteiger partial charge in [-0.05, 0) is 47.8 Å². The van der Waals surface area contributed by atoms with E-state index in [1.807, 2.05) is 6.07 Å². The van der Waals surface area contributed by atoms with E-state index in [1.165, 1.54) is 25.8 Å². The summed E-state index contributed by atoms with van der Waals surface area (Å²) < 4.78 is 0.839. The number of hydrogen-bond acceptors (Lipinski definition) is 3. The number of carbonyl (C=O) groups excluding carboxylic acids is 1. The van der Waals surface area contributed by atoms with Crippen molar-refractivity contribution < 1.29 is 4.79 Å². The van der Waals surface area contributed by atoms with Crippen LogP contribution in [0.1, 0.15) is 36.0 Å². The van der Waals surface area contributed by atoms with E-state index < -0.39 is 0 Å². The number of carbonyl (C=O) groups is 1. The van der Waals surface area contributed by atoms with Crippen molar-refractivity contribution in [3.63, 3.8) is 0 Å². The highest BCUT2D eigenvalue weighted by atomic mass is 79.9. The van der Waals surface area contributed by atoms with Crippen LogP contribution in [0.4, 0.5) is 0 Å². The minimum atomic E-state index is -0.00813. The van der Waals surface area contributed by atoms with Gasteiger partial charge in [0.1, 0.15) is 0 Å². The number of piperidine rings is 1. The van der Waals surface area contributed by atoms with E-state index >= 15 is 0 Å². The number of halogens is 1. The highest BCUT2D eigenvalue weighted by Crippen LogP contribution is 2.27. The Hall–Kier alpha value is -0.940. The molecule has 0 saturated carbocycles. The van der Waals surface area contributed by atoms with Gasteiger partial charge in [0.15, 0.2) is 0 Å². The van der Waals surface area contributed by atoms with Crippen molar-refractivity contribution in [1.82, 2.24) is 15.2 Å². The molecule has 102 valence electrons. The van der Waals surface area contributed by atoms with E-state index in [4.69, 9.17) is 0 Å². The Kier molecular flexibility index (Phi) is 3.84. The summed E-state index contributed by atoms with van der Waals surface area (Å²) in [4.78, 5) is 18.8. The molecular weight excluding hydrogens is 306 g/mol. The Morgan fingerprint density at radius 3 is 3.05 bits per heavy atom. The summed E-state index contributed by atoms with van der Waals surface area (Å²) in [5.41, 5.74) is 0.628. The molecule has 0 spiro atoms. The summed E-state index contributed by atoms with van der Waals surface area (Å²) in [5.74, 6) is -0.00813. The van der Waals surface area contributed by atoms with Crippen molar-refractivity contribution in [1.29, 1.82) is 0 Å². The molecule has 0 radical (unpaired) electrons. The number of nitrogens with zero attached hydrogens (tertiary/aromatic N) is 2. The molecular formula is C14H18BrN3O. The molecule has 5 heteroatoms. The number of hydrogen-bond donors (Lipinski definition) is 1. The van der Waals surface area contributed by atoms with Gasteiger partial charge >= 0.3 is 0 Å². The van der Waals surface area contributed by atoms with Crippen LogP contribution >= 0.6 is 15.9 Å². The summed E-state index contributed by atoms with van der Waals surface area (Å²) in [6, 6.07) is 2.65. The van der Waals surface area contributed by atoms with Crippen LogP contribution in [0.3, 0.4) is 0 Å². The summed E-state index contributed by atoms with van der Waals surface area (Å²) in [5, 5.41) is 3.18. The minimum absolute atomic E-state index is 0.00813. The zero-order valence-corrected chi connectivity index (χ0v) is 12.4. The Morgan fingerprint density at radius 1 is 1.32 bits per heavy atom. The van der Waals surface area contributed by atoms with Crippen LogP contribution in [-0.4, -0.2) is 41.0 Å². The Morgan fingerprint density at radius 2 is 2.21 bits per heavy atom. The van der Waals surface area contributed by atoms with Gasteiger partial charge in [-0.25, -0.2) is 0 Å². The van der Waals surface area contributed by atoms with Crippen LogP contribution in [0.25, 0.3) is 0 Å². The number of pyridine rings is 1. The van der Waals surface area contributed by atoms with E-state index in [1.54, 1.807) is 12.4 Å².